The van der Waals surface area contributed by atoms with Crippen LogP contribution in [0.4, 0.5) is 0 Å². The third-order valence-electron chi connectivity index (χ3n) is 4.21. The predicted molar refractivity (Wildman–Crippen MR) is 87.1 cm³/mol. The molecule has 1 fully saturated rings. The van der Waals surface area contributed by atoms with Gasteiger partial charge in [-0.2, -0.15) is 0 Å². The van der Waals surface area contributed by atoms with Crippen molar-refractivity contribution in [1.29, 1.82) is 0 Å². The van der Waals surface area contributed by atoms with Crippen molar-refractivity contribution in [3.05, 3.63) is 71.8 Å². The van der Waals surface area contributed by atoms with Crippen LogP contribution in [0, 0.1) is 0 Å². The number of esters is 1. The Morgan fingerprint density at radius 1 is 0.957 bits per heavy atom. The van der Waals surface area contributed by atoms with Gasteiger partial charge >= 0.3 is 5.97 Å². The minimum atomic E-state index is -0.482. The van der Waals surface area contributed by atoms with Gasteiger partial charge in [0, 0.05) is 12.0 Å². The molecule has 2 aromatic carbocycles. The van der Waals surface area contributed by atoms with E-state index < -0.39 is 5.97 Å². The first-order valence-corrected chi connectivity index (χ1v) is 7.74. The molecule has 0 bridgehead atoms. The van der Waals surface area contributed by atoms with Crippen molar-refractivity contribution in [2.24, 2.45) is 0 Å². The third kappa shape index (κ3) is 3.77. The summed E-state index contributed by atoms with van der Waals surface area (Å²) in [5.41, 5.74) is 1.75. The van der Waals surface area contributed by atoms with Crippen LogP contribution in [0.3, 0.4) is 0 Å². The van der Waals surface area contributed by atoms with Crippen LogP contribution in [-0.4, -0.2) is 25.0 Å². The van der Waals surface area contributed by atoms with Crippen molar-refractivity contribution in [3.63, 3.8) is 0 Å². The fourth-order valence-corrected chi connectivity index (χ4v) is 2.62. The summed E-state index contributed by atoms with van der Waals surface area (Å²) in [6.45, 7) is 0.331. The van der Waals surface area contributed by atoms with Crippen LogP contribution >= 0.6 is 0 Å². The smallest absolute Gasteiger partial charge is 0.338 e. The molecular weight excluding hydrogens is 290 g/mol. The lowest BCUT2D eigenvalue weighted by molar-refractivity contribution is -0.124. The Labute approximate surface area is 135 Å². The molecular formula is C19H19NO3. The van der Waals surface area contributed by atoms with Gasteiger partial charge < -0.3 is 10.1 Å². The number of carbonyl (C=O) groups is 2. The normalized spacial score (nSPS) is 14.8. The summed E-state index contributed by atoms with van der Waals surface area (Å²) in [7, 11) is 0. The lowest BCUT2D eigenvalue weighted by Crippen LogP contribution is -2.35. The third-order valence-corrected chi connectivity index (χ3v) is 4.21. The van der Waals surface area contributed by atoms with E-state index >= 15 is 0 Å². The van der Waals surface area contributed by atoms with Crippen molar-refractivity contribution in [3.8, 4) is 0 Å². The zero-order valence-corrected chi connectivity index (χ0v) is 12.8. The van der Waals surface area contributed by atoms with E-state index in [2.05, 4.69) is 17.4 Å². The zero-order chi connectivity index (χ0) is 16.1. The highest BCUT2D eigenvalue weighted by atomic mass is 16.5. The highest BCUT2D eigenvalue weighted by molar-refractivity contribution is 5.91. The Morgan fingerprint density at radius 3 is 2.17 bits per heavy atom. The van der Waals surface area contributed by atoms with E-state index in [-0.39, 0.29) is 17.9 Å². The molecule has 1 amide bonds. The Balaban J connectivity index is 1.46. The second kappa shape index (κ2) is 6.65. The molecule has 1 aliphatic carbocycles. The number of nitrogens with one attached hydrogen (secondary N) is 1. The maximum atomic E-state index is 11.9. The fraction of sp³-hybridized carbons (Fsp3) is 0.263. The van der Waals surface area contributed by atoms with E-state index in [0.29, 0.717) is 12.1 Å². The van der Waals surface area contributed by atoms with Crippen molar-refractivity contribution < 1.29 is 14.3 Å². The van der Waals surface area contributed by atoms with Crippen LogP contribution in [0.5, 0.6) is 0 Å². The molecule has 1 saturated carbocycles. The maximum Gasteiger partial charge on any atom is 0.338 e. The molecule has 0 atom stereocenters. The van der Waals surface area contributed by atoms with Crippen molar-refractivity contribution in [1.82, 2.24) is 5.32 Å². The van der Waals surface area contributed by atoms with Crippen molar-refractivity contribution in [2.45, 2.75) is 18.3 Å². The summed E-state index contributed by atoms with van der Waals surface area (Å²) < 4.78 is 5.03. The average Bonchev–Trinajstić information content (AvgIpc) is 3.41. The summed E-state index contributed by atoms with van der Waals surface area (Å²) >= 11 is 0. The van der Waals surface area contributed by atoms with Crippen LogP contribution in [0.15, 0.2) is 60.7 Å². The summed E-state index contributed by atoms with van der Waals surface area (Å²) in [4.78, 5) is 23.7. The van der Waals surface area contributed by atoms with E-state index in [1.54, 1.807) is 24.3 Å². The van der Waals surface area contributed by atoms with Gasteiger partial charge in [0.1, 0.15) is 0 Å². The van der Waals surface area contributed by atoms with E-state index in [4.69, 9.17) is 4.74 Å². The molecule has 3 rings (SSSR count). The lowest BCUT2D eigenvalue weighted by atomic mass is 9.96. The van der Waals surface area contributed by atoms with Gasteiger partial charge in [-0.05, 0) is 30.5 Å². The van der Waals surface area contributed by atoms with Gasteiger partial charge in [-0.3, -0.25) is 4.79 Å². The first kappa shape index (κ1) is 15.3. The molecule has 4 heteroatoms. The molecule has 0 aromatic heterocycles. The number of hydrogen-bond acceptors (Lipinski definition) is 3. The van der Waals surface area contributed by atoms with Crippen molar-refractivity contribution >= 4 is 11.9 Å². The fourth-order valence-electron chi connectivity index (χ4n) is 2.62. The molecule has 0 radical (unpaired) electrons. The quantitative estimate of drug-likeness (QED) is 0.835. The van der Waals surface area contributed by atoms with E-state index in [1.165, 1.54) is 5.56 Å². The summed E-state index contributed by atoms with van der Waals surface area (Å²) in [5.74, 6) is -0.749. The van der Waals surface area contributed by atoms with E-state index in [1.807, 2.05) is 24.3 Å². The summed E-state index contributed by atoms with van der Waals surface area (Å²) in [6, 6.07) is 18.9. The standard InChI is InChI=1S/C19H19NO3/c21-17(13-23-18(22)15-7-3-1-4-8-15)20-14-19(11-12-19)16-9-5-2-6-10-16/h1-10H,11-14H2,(H,20,21). The van der Waals surface area contributed by atoms with Crippen LogP contribution in [-0.2, 0) is 14.9 Å². The molecule has 0 aliphatic heterocycles. The van der Waals surface area contributed by atoms with Gasteiger partial charge in [-0.25, -0.2) is 4.79 Å². The number of rotatable bonds is 6. The Bertz CT molecular complexity index is 678. The Morgan fingerprint density at radius 2 is 1.57 bits per heavy atom. The van der Waals surface area contributed by atoms with Crippen LogP contribution in [0.25, 0.3) is 0 Å². The molecule has 0 spiro atoms. The summed E-state index contributed by atoms with van der Waals surface area (Å²) in [5, 5.41) is 2.87. The first-order chi connectivity index (χ1) is 11.2. The predicted octanol–water partition coefficient (Wildman–Crippen LogP) is 2.69. The molecule has 4 nitrogen and oxygen atoms in total. The number of hydrogen-bond donors (Lipinski definition) is 1. The molecule has 0 saturated heterocycles. The molecule has 0 heterocycles. The number of amides is 1. The number of carbonyl (C=O) groups excluding carboxylic acids is 2. The minimum Gasteiger partial charge on any atom is -0.452 e. The lowest BCUT2D eigenvalue weighted by Gasteiger charge is -2.16. The van der Waals surface area contributed by atoms with Gasteiger partial charge in [0.05, 0.1) is 5.56 Å². The van der Waals surface area contributed by atoms with E-state index in [9.17, 15) is 9.59 Å². The van der Waals surface area contributed by atoms with Gasteiger partial charge in [-0.1, -0.05) is 48.5 Å². The first-order valence-electron chi connectivity index (χ1n) is 7.74. The Hall–Kier alpha value is -2.62. The second-order valence-corrected chi connectivity index (χ2v) is 5.87. The van der Waals surface area contributed by atoms with Crippen LogP contribution in [0.1, 0.15) is 28.8 Å². The van der Waals surface area contributed by atoms with Gasteiger partial charge in [0.25, 0.3) is 5.91 Å². The average molecular weight is 309 g/mol. The SMILES string of the molecule is O=C(COC(=O)c1ccccc1)NCC1(c2ccccc2)CC1. The van der Waals surface area contributed by atoms with Gasteiger partial charge in [0.15, 0.2) is 6.61 Å². The molecule has 118 valence electrons. The topological polar surface area (TPSA) is 55.4 Å². The van der Waals surface area contributed by atoms with Gasteiger partial charge in [0.2, 0.25) is 0 Å². The van der Waals surface area contributed by atoms with E-state index in [0.717, 1.165) is 12.8 Å². The molecule has 2 aromatic rings. The van der Waals surface area contributed by atoms with Crippen LogP contribution in [0.2, 0.25) is 0 Å². The number of ether oxygens (including phenoxy) is 1. The minimum absolute atomic E-state index is 0.0559. The van der Waals surface area contributed by atoms with Crippen molar-refractivity contribution in [2.75, 3.05) is 13.2 Å². The van der Waals surface area contributed by atoms with Gasteiger partial charge in [-0.15, -0.1) is 0 Å². The molecule has 1 aliphatic rings. The van der Waals surface area contributed by atoms with Crippen LogP contribution < -0.4 is 5.32 Å². The second-order valence-electron chi connectivity index (χ2n) is 5.87. The maximum absolute atomic E-state index is 11.9. The summed E-state index contributed by atoms with van der Waals surface area (Å²) in [6.07, 6.45) is 2.14. The monoisotopic (exact) mass is 309 g/mol. The molecule has 0 unspecified atom stereocenters. The zero-order valence-electron chi connectivity index (χ0n) is 12.8. The highest BCUT2D eigenvalue weighted by Crippen LogP contribution is 2.47. The number of benzene rings is 2. The largest absolute Gasteiger partial charge is 0.452 e. The Kier molecular flexibility index (Phi) is 4.42. The molecule has 1 N–H and O–H groups in total. The molecule has 23 heavy (non-hydrogen) atoms. The highest BCUT2D eigenvalue weighted by Gasteiger charge is 2.44.